The first-order chi connectivity index (χ1) is 46.5. The van der Waals surface area contributed by atoms with Gasteiger partial charge in [0.05, 0.1) is 54.5 Å². The fourth-order valence-corrected chi connectivity index (χ4v) is 16.9. The standard InChI is InChI=1S/C69H85F3N16O9/c1-67-31-52-50(28-55(67)69(67,71)72)63(78-77-52)64(94)76-46-33-75-87(36-46)47-16-24-85(25-17-47)66(96)43-14-22-84(23-15-43)65(95)42-12-18-82(19-13-42)35-41-10-20-83(21-11-41)57(90)8-9-58(91)86-39-68(40-86)29-45(30-68)62-61-48(49-27-54-44(26-51(49)70)32-74-81(54)3)6-5-7-53(61)88(79-62)38-59(92)80(2)37-56(89)73-34-60(93)97-4/h5-7,26-27,32-33,36,41-43,45,47,55H,8-25,28-31,34-35,37-40H2,1-4H3,(H,73,89)(H,76,94)(H,77,78)/t55-,67+/m1/s1. The number of hydrogen-bond acceptors (Lipinski definition) is 14. The maximum absolute atomic E-state index is 16.1. The maximum atomic E-state index is 16.1. The van der Waals surface area contributed by atoms with Crippen molar-refractivity contribution >= 4 is 74.8 Å². The number of ether oxygens (including phenoxy) is 1. The van der Waals surface area contributed by atoms with Gasteiger partial charge in [0.2, 0.25) is 35.4 Å². The van der Waals surface area contributed by atoms with Crippen molar-refractivity contribution in [2.24, 2.45) is 41.5 Å². The number of H-pyrrole nitrogens is 1. The van der Waals surface area contributed by atoms with Crippen LogP contribution in [0.25, 0.3) is 32.9 Å². The Labute approximate surface area is 559 Å². The molecule has 4 aromatic heterocycles. The molecule has 3 aliphatic carbocycles. The molecule has 2 saturated carbocycles. The van der Waals surface area contributed by atoms with E-state index in [1.54, 1.807) is 54.1 Å². The number of amides is 7. The summed E-state index contributed by atoms with van der Waals surface area (Å²) in [5.74, 6) is -5.48. The van der Waals surface area contributed by atoms with Crippen molar-refractivity contribution in [2.45, 2.75) is 121 Å². The predicted octanol–water partition coefficient (Wildman–Crippen LogP) is 5.56. The molecule has 0 bridgehead atoms. The van der Waals surface area contributed by atoms with Crippen LogP contribution in [-0.4, -0.2) is 221 Å². The number of nitrogens with one attached hydrogen (secondary N) is 3. The molecule has 14 rings (SSSR count). The van der Waals surface area contributed by atoms with Gasteiger partial charge >= 0.3 is 5.97 Å². The Balaban J connectivity index is 0.486. The van der Waals surface area contributed by atoms with Crippen LogP contribution in [0.4, 0.5) is 18.9 Å². The molecule has 2 atom stereocenters. The highest BCUT2D eigenvalue weighted by Crippen LogP contribution is 2.70. The lowest BCUT2D eigenvalue weighted by atomic mass is 9.56. The molecular weight excluding hydrogens is 1250 g/mol. The number of aryl methyl sites for hydroxylation is 1. The Bertz CT molecular complexity index is 4080. The van der Waals surface area contributed by atoms with E-state index in [0.717, 1.165) is 74.8 Å². The van der Waals surface area contributed by atoms with Gasteiger partial charge in [-0.05, 0) is 113 Å². The highest BCUT2D eigenvalue weighted by molar-refractivity contribution is 6.04. The highest BCUT2D eigenvalue weighted by Gasteiger charge is 2.78. The molecular formula is C69H85F3N16O9. The molecule has 2 aromatic carbocycles. The summed E-state index contributed by atoms with van der Waals surface area (Å²) in [6.07, 6.45) is 13.0. The van der Waals surface area contributed by atoms with E-state index in [1.807, 2.05) is 36.4 Å². The number of aromatic amines is 1. The molecule has 28 heteroatoms. The minimum absolute atomic E-state index is 0.00647. The van der Waals surface area contributed by atoms with Gasteiger partial charge in [0.15, 0.2) is 5.69 Å². The minimum atomic E-state index is -2.75. The summed E-state index contributed by atoms with van der Waals surface area (Å²) in [5, 5.41) is 27.6. The summed E-state index contributed by atoms with van der Waals surface area (Å²) in [6, 6.07) is 8.80. The van der Waals surface area contributed by atoms with E-state index in [-0.39, 0.29) is 104 Å². The van der Waals surface area contributed by atoms with E-state index >= 15 is 4.39 Å². The number of carbonyl (C=O) groups excluding carboxylic acids is 8. The first-order valence-electron chi connectivity index (χ1n) is 34.4. The van der Waals surface area contributed by atoms with Crippen LogP contribution in [0, 0.1) is 40.3 Å². The third-order valence-corrected chi connectivity index (χ3v) is 23.0. The van der Waals surface area contributed by atoms with E-state index in [2.05, 4.69) is 40.7 Å². The van der Waals surface area contributed by atoms with E-state index in [4.69, 9.17) is 5.10 Å². The van der Waals surface area contributed by atoms with Crippen molar-refractivity contribution in [3.63, 3.8) is 0 Å². The summed E-state index contributed by atoms with van der Waals surface area (Å²) < 4.78 is 54.8. The molecule has 3 N–H and O–H groups in total. The second-order valence-corrected chi connectivity index (χ2v) is 29.1. The number of likely N-dealkylation sites (N-methyl/N-ethyl adjacent to an activating group) is 1. The van der Waals surface area contributed by atoms with Crippen LogP contribution in [0.1, 0.15) is 123 Å². The zero-order valence-corrected chi connectivity index (χ0v) is 55.5. The lowest BCUT2D eigenvalue weighted by Gasteiger charge is -2.59. The van der Waals surface area contributed by atoms with Gasteiger partial charge < -0.3 is 44.8 Å². The number of methoxy groups -OCH3 is 1. The van der Waals surface area contributed by atoms with Crippen molar-refractivity contribution in [2.75, 3.05) is 105 Å². The van der Waals surface area contributed by atoms with Gasteiger partial charge in [-0.15, -0.1) is 0 Å². The fourth-order valence-electron chi connectivity index (χ4n) is 16.9. The van der Waals surface area contributed by atoms with Gasteiger partial charge in [-0.1, -0.05) is 19.1 Å². The number of fused-ring (bicyclic) bond motifs is 4. The first kappa shape index (κ1) is 65.6. The van der Waals surface area contributed by atoms with Gasteiger partial charge in [-0.2, -0.15) is 20.4 Å². The van der Waals surface area contributed by atoms with Gasteiger partial charge in [-0.25, -0.2) is 13.2 Å². The molecule has 5 aliphatic heterocycles. The second-order valence-electron chi connectivity index (χ2n) is 29.1. The van der Waals surface area contributed by atoms with E-state index in [1.165, 1.54) is 25.1 Å². The van der Waals surface area contributed by atoms with Crippen molar-refractivity contribution in [1.29, 1.82) is 0 Å². The molecule has 516 valence electrons. The Morgan fingerprint density at radius 3 is 2.13 bits per heavy atom. The van der Waals surface area contributed by atoms with Crippen LogP contribution in [0.5, 0.6) is 0 Å². The number of nitrogens with zero attached hydrogens (tertiary/aromatic N) is 13. The maximum Gasteiger partial charge on any atom is 0.325 e. The molecule has 0 radical (unpaired) electrons. The quantitative estimate of drug-likeness (QED) is 0.0890. The number of carbonyl (C=O) groups is 8. The summed E-state index contributed by atoms with van der Waals surface area (Å²) in [5.41, 5.74) is 3.67. The highest BCUT2D eigenvalue weighted by atomic mass is 19.3. The normalized spacial score (nSPS) is 22.2. The average Bonchev–Trinajstić information content (AvgIpc) is 1.52. The van der Waals surface area contributed by atoms with Crippen LogP contribution >= 0.6 is 0 Å². The summed E-state index contributed by atoms with van der Waals surface area (Å²) >= 11 is 0. The number of hydrogen-bond donors (Lipinski definition) is 3. The molecule has 9 heterocycles. The Morgan fingerprint density at radius 1 is 0.784 bits per heavy atom. The van der Waals surface area contributed by atoms with Crippen molar-refractivity contribution in [1.82, 2.24) is 74.3 Å². The SMILES string of the molecule is COC(=O)CNC(=O)CN(C)C(=O)Cn1nc(C2CC3(C2)CN(C(=O)CCC(=O)N2CCC(CN4CCC(C(=O)N5CCC(C(=O)N6CCC(n7cc(NC(=O)c8n[nH]c9c8C[C@H]8C(F)(F)[C@@]8(C)C9)cn7)CC6)CC5)CC4)CC2)C3)c2c(-c3cc4c(cnn4C)cc3F)cccc21. The lowest BCUT2D eigenvalue weighted by molar-refractivity contribution is -0.153. The molecule has 0 unspecified atom stereocenters. The Morgan fingerprint density at radius 2 is 1.44 bits per heavy atom. The van der Waals surface area contributed by atoms with Gasteiger partial charge in [-0.3, -0.25) is 57.5 Å². The van der Waals surface area contributed by atoms with Crippen molar-refractivity contribution in [3.8, 4) is 11.1 Å². The largest absolute Gasteiger partial charge is 0.468 e. The predicted molar refractivity (Wildman–Crippen MR) is 348 cm³/mol. The molecule has 7 fully saturated rings. The smallest absolute Gasteiger partial charge is 0.325 e. The Hall–Kier alpha value is -8.69. The van der Waals surface area contributed by atoms with Crippen LogP contribution < -0.4 is 10.6 Å². The summed E-state index contributed by atoms with van der Waals surface area (Å²) in [7, 11) is 4.50. The molecule has 25 nitrogen and oxygen atoms in total. The number of halogens is 3. The van der Waals surface area contributed by atoms with Crippen LogP contribution in [0.2, 0.25) is 0 Å². The number of benzene rings is 2. The van der Waals surface area contributed by atoms with Crippen LogP contribution in [0.15, 0.2) is 48.9 Å². The molecule has 5 saturated heterocycles. The lowest BCUT2D eigenvalue weighted by Crippen LogP contribution is -2.63. The monoisotopic (exact) mass is 1340 g/mol. The van der Waals surface area contributed by atoms with Crippen LogP contribution in [-0.2, 0) is 64.7 Å². The number of piperidine rings is 4. The van der Waals surface area contributed by atoms with Crippen LogP contribution in [0.3, 0.4) is 0 Å². The summed E-state index contributed by atoms with van der Waals surface area (Å²) in [6.45, 7) is 8.11. The number of rotatable bonds is 18. The Kier molecular flexibility index (Phi) is 17.5. The third-order valence-electron chi connectivity index (χ3n) is 23.0. The molecule has 6 aromatic rings. The average molecular weight is 1340 g/mol. The molecule has 7 amide bonds. The zero-order valence-electron chi connectivity index (χ0n) is 55.5. The van der Waals surface area contributed by atoms with Crippen molar-refractivity contribution < 1.29 is 56.3 Å². The first-order valence-corrected chi connectivity index (χ1v) is 34.4. The number of anilines is 1. The number of alkyl halides is 2. The molecule has 1 spiro atoms. The number of likely N-dealkylation sites (tertiary alicyclic amines) is 5. The topological polar surface area (TPSA) is 271 Å². The van der Waals surface area contributed by atoms with E-state index in [0.29, 0.717) is 123 Å². The second kappa shape index (κ2) is 26.0. The van der Waals surface area contributed by atoms with Gasteiger partial charge in [0.25, 0.3) is 11.8 Å². The van der Waals surface area contributed by atoms with E-state index < -0.39 is 46.8 Å². The van der Waals surface area contributed by atoms with Crippen molar-refractivity contribution in [3.05, 3.63) is 77.4 Å². The number of aromatic nitrogens is 8. The van der Waals surface area contributed by atoms with Gasteiger partial charge in [0.1, 0.15) is 18.9 Å². The minimum Gasteiger partial charge on any atom is -0.468 e. The number of esters is 1. The fraction of sp³-hybridized carbons (Fsp3) is 0.594. The van der Waals surface area contributed by atoms with E-state index in [9.17, 15) is 47.1 Å². The zero-order chi connectivity index (χ0) is 67.8. The van der Waals surface area contributed by atoms with Gasteiger partial charge in [0, 0.05) is 161 Å². The molecule has 97 heavy (non-hydrogen) atoms. The summed E-state index contributed by atoms with van der Waals surface area (Å²) in [4.78, 5) is 117. The third kappa shape index (κ3) is 12.6. The molecule has 8 aliphatic rings.